The van der Waals surface area contributed by atoms with Gasteiger partial charge in [0.05, 0.1) is 11.3 Å². The number of fused-ring (bicyclic) bond motifs is 1. The Bertz CT molecular complexity index is 901. The fourth-order valence-electron chi connectivity index (χ4n) is 4.02. The van der Waals surface area contributed by atoms with E-state index in [4.69, 9.17) is 4.98 Å². The van der Waals surface area contributed by atoms with Gasteiger partial charge in [-0.05, 0) is 42.9 Å². The molecule has 0 spiro atoms. The highest BCUT2D eigenvalue weighted by molar-refractivity contribution is 8.00. The van der Waals surface area contributed by atoms with Gasteiger partial charge in [-0.15, -0.1) is 0 Å². The summed E-state index contributed by atoms with van der Waals surface area (Å²) >= 11 is 1.41. The number of aromatic nitrogens is 1. The molecule has 29 heavy (non-hydrogen) atoms. The van der Waals surface area contributed by atoms with Crippen molar-refractivity contribution in [2.75, 3.05) is 31.9 Å². The molecule has 1 aliphatic carbocycles. The highest BCUT2D eigenvalue weighted by Gasteiger charge is 2.22. The van der Waals surface area contributed by atoms with Crippen LogP contribution < -0.4 is 0 Å². The molecule has 0 radical (unpaired) electrons. The summed E-state index contributed by atoms with van der Waals surface area (Å²) in [6.07, 6.45) is 4.31. The quantitative estimate of drug-likeness (QED) is 0.713. The molecule has 4 rings (SSSR count). The minimum Gasteiger partial charge on any atom is -0.339 e. The van der Waals surface area contributed by atoms with Gasteiger partial charge in [-0.3, -0.25) is 9.69 Å². The number of piperazine rings is 1. The van der Waals surface area contributed by atoms with Gasteiger partial charge in [0, 0.05) is 38.4 Å². The van der Waals surface area contributed by atoms with Gasteiger partial charge in [0.1, 0.15) is 11.1 Å². The van der Waals surface area contributed by atoms with Crippen molar-refractivity contribution in [3.8, 4) is 6.07 Å². The van der Waals surface area contributed by atoms with Crippen LogP contribution in [-0.4, -0.2) is 52.6 Å². The maximum atomic E-state index is 12.7. The van der Waals surface area contributed by atoms with Gasteiger partial charge in [-0.2, -0.15) is 5.26 Å². The Labute approximate surface area is 176 Å². The summed E-state index contributed by atoms with van der Waals surface area (Å²) in [6.45, 7) is 4.24. The molecule has 2 aliphatic rings. The number of hydrogen-bond acceptors (Lipinski definition) is 5. The Kier molecular flexibility index (Phi) is 6.48. The number of nitrogens with zero attached hydrogens (tertiary/aromatic N) is 4. The Hall–Kier alpha value is -2.36. The molecule has 1 aromatic carbocycles. The summed E-state index contributed by atoms with van der Waals surface area (Å²) < 4.78 is 0. The van der Waals surface area contributed by atoms with Crippen LogP contribution in [0.3, 0.4) is 0 Å². The third-order valence-corrected chi connectivity index (χ3v) is 6.67. The largest absolute Gasteiger partial charge is 0.339 e. The van der Waals surface area contributed by atoms with Crippen molar-refractivity contribution < 1.29 is 4.79 Å². The molecule has 1 aromatic heterocycles. The van der Waals surface area contributed by atoms with Gasteiger partial charge in [0.25, 0.3) is 0 Å². The predicted octanol–water partition coefficient (Wildman–Crippen LogP) is 3.27. The molecule has 1 aliphatic heterocycles. The molecule has 2 aromatic rings. The van der Waals surface area contributed by atoms with Crippen LogP contribution in [0.15, 0.2) is 41.4 Å². The monoisotopic (exact) mass is 406 g/mol. The number of hydrogen-bond donors (Lipinski definition) is 0. The van der Waals surface area contributed by atoms with Crippen LogP contribution in [0.1, 0.15) is 35.2 Å². The maximum absolute atomic E-state index is 12.7. The van der Waals surface area contributed by atoms with Crippen LogP contribution in [0.5, 0.6) is 0 Å². The first-order chi connectivity index (χ1) is 14.2. The van der Waals surface area contributed by atoms with Gasteiger partial charge in [0.15, 0.2) is 0 Å². The first-order valence-electron chi connectivity index (χ1n) is 10.3. The van der Waals surface area contributed by atoms with Crippen molar-refractivity contribution in [1.29, 1.82) is 5.26 Å². The molecule has 0 bridgehead atoms. The molecule has 2 heterocycles. The number of benzene rings is 1. The van der Waals surface area contributed by atoms with Crippen molar-refractivity contribution in [1.82, 2.24) is 14.8 Å². The summed E-state index contributed by atoms with van der Waals surface area (Å²) in [6, 6.07) is 14.7. The highest BCUT2D eigenvalue weighted by Crippen LogP contribution is 2.27. The van der Waals surface area contributed by atoms with Crippen molar-refractivity contribution >= 4 is 17.7 Å². The minimum absolute atomic E-state index is 0.137. The summed E-state index contributed by atoms with van der Waals surface area (Å²) in [5.41, 5.74) is 4.24. The zero-order valence-electron chi connectivity index (χ0n) is 16.6. The summed E-state index contributed by atoms with van der Waals surface area (Å²) in [4.78, 5) is 21.8. The Balaban J connectivity index is 1.30. The number of rotatable bonds is 5. The average Bonchev–Trinajstić information content (AvgIpc) is 2.78. The van der Waals surface area contributed by atoms with E-state index in [1.165, 1.54) is 29.3 Å². The van der Waals surface area contributed by atoms with Crippen LogP contribution >= 0.6 is 11.8 Å². The molecule has 0 saturated carbocycles. The number of thioether (sulfide) groups is 1. The van der Waals surface area contributed by atoms with Crippen molar-refractivity contribution in [3.05, 3.63) is 58.8 Å². The van der Waals surface area contributed by atoms with Gasteiger partial charge < -0.3 is 4.90 Å². The minimum atomic E-state index is 0.137. The molecule has 1 amide bonds. The number of pyridine rings is 1. The van der Waals surface area contributed by atoms with Crippen LogP contribution in [-0.2, 0) is 24.2 Å². The zero-order chi connectivity index (χ0) is 20.1. The number of carbonyl (C=O) groups is 1. The first-order valence-corrected chi connectivity index (χ1v) is 11.3. The van der Waals surface area contributed by atoms with Crippen molar-refractivity contribution in [2.45, 2.75) is 37.3 Å². The summed E-state index contributed by atoms with van der Waals surface area (Å²) in [5.74, 6) is 0.483. The second-order valence-corrected chi connectivity index (χ2v) is 8.66. The highest BCUT2D eigenvalue weighted by atomic mass is 32.2. The lowest BCUT2D eigenvalue weighted by molar-refractivity contribution is -0.130. The van der Waals surface area contributed by atoms with E-state index < -0.39 is 0 Å². The van der Waals surface area contributed by atoms with Crippen LogP contribution in [0.4, 0.5) is 0 Å². The van der Waals surface area contributed by atoms with Gasteiger partial charge >= 0.3 is 0 Å². The molecule has 0 atom stereocenters. The summed E-state index contributed by atoms with van der Waals surface area (Å²) in [5, 5.41) is 10.2. The van der Waals surface area contributed by atoms with Gasteiger partial charge in [0.2, 0.25) is 5.91 Å². The lowest BCUT2D eigenvalue weighted by atomic mass is 9.95. The molecule has 6 heteroatoms. The Morgan fingerprint density at radius 2 is 1.86 bits per heavy atom. The molecule has 0 N–H and O–H groups in total. The summed E-state index contributed by atoms with van der Waals surface area (Å²) in [7, 11) is 0. The fraction of sp³-hybridized carbons (Fsp3) is 0.435. The smallest absolute Gasteiger partial charge is 0.233 e. The van der Waals surface area contributed by atoms with Gasteiger partial charge in [-0.1, -0.05) is 42.1 Å². The topological polar surface area (TPSA) is 60.2 Å². The van der Waals surface area contributed by atoms with Gasteiger partial charge in [-0.25, -0.2) is 4.98 Å². The third kappa shape index (κ3) is 4.98. The van der Waals surface area contributed by atoms with Crippen LogP contribution in [0.25, 0.3) is 0 Å². The molecule has 1 saturated heterocycles. The fourth-order valence-corrected chi connectivity index (χ4v) is 4.90. The Morgan fingerprint density at radius 1 is 1.10 bits per heavy atom. The standard InChI is InChI=1S/C23H26N4OS/c24-15-20-14-19-8-4-5-9-21(19)25-23(20)29-17-22(28)27-12-10-26(11-13-27)16-18-6-2-1-3-7-18/h1-3,6-7,14H,4-5,8-13,16-17H2. The zero-order valence-corrected chi connectivity index (χ0v) is 17.5. The molecular weight excluding hydrogens is 380 g/mol. The van der Waals surface area contributed by atoms with E-state index in [0.717, 1.165) is 57.7 Å². The first kappa shape index (κ1) is 19.9. The van der Waals surface area contributed by atoms with Crippen molar-refractivity contribution in [3.63, 3.8) is 0 Å². The maximum Gasteiger partial charge on any atom is 0.233 e. The van der Waals surface area contributed by atoms with Crippen LogP contribution in [0.2, 0.25) is 0 Å². The van der Waals surface area contributed by atoms with E-state index in [0.29, 0.717) is 16.3 Å². The van der Waals surface area contributed by atoms with E-state index in [9.17, 15) is 10.1 Å². The van der Waals surface area contributed by atoms with E-state index in [1.54, 1.807) is 0 Å². The number of nitriles is 1. The second-order valence-electron chi connectivity index (χ2n) is 7.70. The Morgan fingerprint density at radius 3 is 2.62 bits per heavy atom. The van der Waals surface area contributed by atoms with E-state index in [-0.39, 0.29) is 5.91 Å². The molecule has 5 nitrogen and oxygen atoms in total. The molecule has 0 unspecified atom stereocenters. The number of carbonyl (C=O) groups excluding carboxylic acids is 1. The lowest BCUT2D eigenvalue weighted by Crippen LogP contribution is -2.48. The van der Waals surface area contributed by atoms with E-state index in [2.05, 4.69) is 35.2 Å². The van der Waals surface area contributed by atoms with Crippen LogP contribution in [0, 0.1) is 11.3 Å². The molecule has 150 valence electrons. The van der Waals surface area contributed by atoms with E-state index in [1.807, 2.05) is 17.0 Å². The predicted molar refractivity (Wildman–Crippen MR) is 115 cm³/mol. The number of amides is 1. The second kappa shape index (κ2) is 9.43. The average molecular weight is 407 g/mol. The third-order valence-electron chi connectivity index (χ3n) is 5.69. The number of aryl methyl sites for hydroxylation is 2. The van der Waals surface area contributed by atoms with E-state index >= 15 is 0 Å². The SMILES string of the molecule is N#Cc1cc2c(nc1SCC(=O)N1CCN(Cc3ccccc3)CC1)CCCC2. The lowest BCUT2D eigenvalue weighted by Gasteiger charge is -2.34. The van der Waals surface area contributed by atoms with Crippen molar-refractivity contribution in [2.24, 2.45) is 0 Å². The normalized spacial score (nSPS) is 16.9. The molecular formula is C23H26N4OS. The molecule has 1 fully saturated rings.